The highest BCUT2D eigenvalue weighted by Gasteiger charge is 2.13. The number of rotatable bonds is 7. The first-order valence-corrected chi connectivity index (χ1v) is 9.18. The third-order valence-electron chi connectivity index (χ3n) is 4.55. The lowest BCUT2D eigenvalue weighted by Crippen LogP contribution is -2.33. The average molecular weight is 380 g/mol. The lowest BCUT2D eigenvalue weighted by Gasteiger charge is -2.20. The number of likely N-dealkylation sites (N-methyl/N-ethyl adjacent to an activating group) is 1. The van der Waals surface area contributed by atoms with Gasteiger partial charge in [-0.3, -0.25) is 9.69 Å². The molecular formula is C22H24N2O4. The number of carbonyl (C=O) groups excluding carboxylic acids is 1. The summed E-state index contributed by atoms with van der Waals surface area (Å²) in [5.41, 5.74) is 2.74. The third kappa shape index (κ3) is 4.78. The van der Waals surface area contributed by atoms with Crippen LogP contribution in [0.4, 0.5) is 5.69 Å². The first-order chi connectivity index (χ1) is 13.5. The zero-order valence-electron chi connectivity index (χ0n) is 16.3. The summed E-state index contributed by atoms with van der Waals surface area (Å²) < 4.78 is 10.5. The topological polar surface area (TPSA) is 71.8 Å². The van der Waals surface area contributed by atoms with Gasteiger partial charge in [-0.15, -0.1) is 0 Å². The summed E-state index contributed by atoms with van der Waals surface area (Å²) in [6, 6.07) is 14.5. The molecule has 3 rings (SSSR count). The molecule has 1 amide bonds. The molecule has 0 spiro atoms. The van der Waals surface area contributed by atoms with Crippen LogP contribution in [0.25, 0.3) is 11.0 Å². The van der Waals surface area contributed by atoms with E-state index in [1.807, 2.05) is 55.1 Å². The highest BCUT2D eigenvalue weighted by Crippen LogP contribution is 2.20. The molecule has 2 aromatic carbocycles. The van der Waals surface area contributed by atoms with Gasteiger partial charge in [0.2, 0.25) is 5.91 Å². The number of nitrogens with one attached hydrogen (secondary N) is 1. The second-order valence-electron chi connectivity index (χ2n) is 6.67. The Morgan fingerprint density at radius 3 is 2.75 bits per heavy atom. The molecule has 0 fully saturated rings. The van der Waals surface area contributed by atoms with Crippen LogP contribution >= 0.6 is 0 Å². The molecule has 6 heteroatoms. The van der Waals surface area contributed by atoms with Gasteiger partial charge in [-0.1, -0.05) is 25.1 Å². The maximum absolute atomic E-state index is 12.5. The molecule has 0 radical (unpaired) electrons. The number of ether oxygens (including phenoxy) is 1. The fourth-order valence-corrected chi connectivity index (χ4v) is 3.09. The summed E-state index contributed by atoms with van der Waals surface area (Å²) in [4.78, 5) is 26.4. The van der Waals surface area contributed by atoms with Crippen molar-refractivity contribution in [2.45, 2.75) is 20.4 Å². The van der Waals surface area contributed by atoms with Crippen LogP contribution in [-0.4, -0.2) is 31.0 Å². The van der Waals surface area contributed by atoms with E-state index < -0.39 is 0 Å². The number of benzene rings is 2. The second kappa shape index (κ2) is 8.71. The van der Waals surface area contributed by atoms with E-state index >= 15 is 0 Å². The van der Waals surface area contributed by atoms with Crippen molar-refractivity contribution in [2.24, 2.45) is 0 Å². The van der Waals surface area contributed by atoms with Gasteiger partial charge < -0.3 is 14.5 Å². The molecule has 0 aliphatic heterocycles. The van der Waals surface area contributed by atoms with Crippen LogP contribution in [0.1, 0.15) is 18.1 Å². The molecule has 0 aliphatic rings. The third-order valence-corrected chi connectivity index (χ3v) is 4.55. The summed E-state index contributed by atoms with van der Waals surface area (Å²) in [6.45, 7) is 5.29. The summed E-state index contributed by atoms with van der Waals surface area (Å²) in [5.74, 6) is 0.557. The van der Waals surface area contributed by atoms with E-state index in [0.717, 1.165) is 16.5 Å². The van der Waals surface area contributed by atoms with Gasteiger partial charge in [0, 0.05) is 29.8 Å². The van der Waals surface area contributed by atoms with Crippen LogP contribution in [-0.2, 0) is 11.3 Å². The SMILES string of the molecule is CCN(CC(=O)Nc1cccc(OC)c1)Cc1cc(=O)oc2cc(C)ccc12. The Morgan fingerprint density at radius 1 is 1.18 bits per heavy atom. The van der Waals surface area contributed by atoms with Gasteiger partial charge in [-0.05, 0) is 42.8 Å². The van der Waals surface area contributed by atoms with E-state index in [2.05, 4.69) is 5.32 Å². The minimum atomic E-state index is -0.384. The lowest BCUT2D eigenvalue weighted by molar-refractivity contribution is -0.117. The number of anilines is 1. The number of nitrogens with zero attached hydrogens (tertiary/aromatic N) is 1. The second-order valence-corrected chi connectivity index (χ2v) is 6.67. The summed E-state index contributed by atoms with van der Waals surface area (Å²) in [7, 11) is 1.59. The Bertz CT molecular complexity index is 1040. The van der Waals surface area contributed by atoms with E-state index in [4.69, 9.17) is 9.15 Å². The number of fused-ring (bicyclic) bond motifs is 1. The number of amides is 1. The largest absolute Gasteiger partial charge is 0.497 e. The van der Waals surface area contributed by atoms with Gasteiger partial charge in [-0.2, -0.15) is 0 Å². The van der Waals surface area contributed by atoms with Gasteiger partial charge in [-0.25, -0.2) is 4.79 Å². The summed E-state index contributed by atoms with van der Waals surface area (Å²) in [6.07, 6.45) is 0. The first kappa shape index (κ1) is 19.6. The predicted molar refractivity (Wildman–Crippen MR) is 110 cm³/mol. The first-order valence-electron chi connectivity index (χ1n) is 9.18. The van der Waals surface area contributed by atoms with Gasteiger partial charge >= 0.3 is 5.63 Å². The molecule has 3 aromatic rings. The van der Waals surface area contributed by atoms with Crippen molar-refractivity contribution in [3.05, 3.63) is 70.1 Å². The molecule has 0 aliphatic carbocycles. The Labute approximate surface area is 163 Å². The van der Waals surface area contributed by atoms with Crippen molar-refractivity contribution in [3.63, 3.8) is 0 Å². The monoisotopic (exact) mass is 380 g/mol. The van der Waals surface area contributed by atoms with E-state index in [9.17, 15) is 9.59 Å². The maximum atomic E-state index is 12.5. The van der Waals surface area contributed by atoms with E-state index in [0.29, 0.717) is 30.1 Å². The number of hydrogen-bond donors (Lipinski definition) is 1. The van der Waals surface area contributed by atoms with Crippen molar-refractivity contribution in [3.8, 4) is 5.75 Å². The Balaban J connectivity index is 1.74. The van der Waals surface area contributed by atoms with Crippen molar-refractivity contribution in [2.75, 3.05) is 25.5 Å². The normalized spacial score (nSPS) is 11.0. The maximum Gasteiger partial charge on any atom is 0.336 e. The van der Waals surface area contributed by atoms with E-state index in [-0.39, 0.29) is 18.1 Å². The van der Waals surface area contributed by atoms with Gasteiger partial charge in [0.05, 0.1) is 13.7 Å². The van der Waals surface area contributed by atoms with Crippen LogP contribution in [0.15, 0.2) is 57.7 Å². The van der Waals surface area contributed by atoms with Crippen LogP contribution in [0.3, 0.4) is 0 Å². The van der Waals surface area contributed by atoms with E-state index in [1.165, 1.54) is 6.07 Å². The number of aryl methyl sites for hydroxylation is 1. The molecule has 0 unspecified atom stereocenters. The van der Waals surface area contributed by atoms with Crippen LogP contribution < -0.4 is 15.7 Å². The Morgan fingerprint density at radius 2 is 2.00 bits per heavy atom. The Hall–Kier alpha value is -3.12. The molecule has 0 bridgehead atoms. The molecule has 1 heterocycles. The molecule has 146 valence electrons. The smallest absolute Gasteiger partial charge is 0.336 e. The van der Waals surface area contributed by atoms with Crippen molar-refractivity contribution < 1.29 is 13.9 Å². The van der Waals surface area contributed by atoms with Crippen molar-refractivity contribution in [1.29, 1.82) is 0 Å². The van der Waals surface area contributed by atoms with E-state index in [1.54, 1.807) is 13.2 Å². The van der Waals surface area contributed by atoms with Crippen LogP contribution in [0, 0.1) is 6.92 Å². The number of hydrogen-bond acceptors (Lipinski definition) is 5. The quantitative estimate of drug-likeness (QED) is 0.635. The van der Waals surface area contributed by atoms with Crippen molar-refractivity contribution >= 4 is 22.6 Å². The van der Waals surface area contributed by atoms with Crippen LogP contribution in [0.5, 0.6) is 5.75 Å². The van der Waals surface area contributed by atoms with Crippen molar-refractivity contribution in [1.82, 2.24) is 4.90 Å². The molecule has 28 heavy (non-hydrogen) atoms. The minimum Gasteiger partial charge on any atom is -0.497 e. The molecule has 1 N–H and O–H groups in total. The lowest BCUT2D eigenvalue weighted by atomic mass is 10.1. The fraction of sp³-hybridized carbons (Fsp3) is 0.273. The molecular weight excluding hydrogens is 356 g/mol. The summed E-state index contributed by atoms with van der Waals surface area (Å²) in [5, 5.41) is 3.77. The fourth-order valence-electron chi connectivity index (χ4n) is 3.09. The average Bonchev–Trinajstić information content (AvgIpc) is 2.66. The zero-order chi connectivity index (χ0) is 20.1. The van der Waals surface area contributed by atoms with Gasteiger partial charge in [0.25, 0.3) is 0 Å². The minimum absolute atomic E-state index is 0.127. The zero-order valence-corrected chi connectivity index (χ0v) is 16.3. The highest BCUT2D eigenvalue weighted by atomic mass is 16.5. The molecule has 6 nitrogen and oxygen atoms in total. The van der Waals surface area contributed by atoms with Gasteiger partial charge in [0.1, 0.15) is 11.3 Å². The standard InChI is InChI=1S/C22H24N2O4/c1-4-24(14-21(25)23-17-6-5-7-18(12-17)27-3)13-16-11-22(26)28-20-10-15(2)8-9-19(16)20/h5-12H,4,13-14H2,1-3H3,(H,23,25). The Kier molecular flexibility index (Phi) is 6.11. The molecule has 0 atom stereocenters. The van der Waals surface area contributed by atoms with Crippen LogP contribution in [0.2, 0.25) is 0 Å². The predicted octanol–water partition coefficient (Wildman–Crippen LogP) is 3.57. The molecule has 0 saturated carbocycles. The highest BCUT2D eigenvalue weighted by molar-refractivity contribution is 5.92. The number of methoxy groups -OCH3 is 1. The molecule has 0 saturated heterocycles. The molecule has 1 aromatic heterocycles. The van der Waals surface area contributed by atoms with Gasteiger partial charge in [0.15, 0.2) is 0 Å². The number of carbonyl (C=O) groups is 1. The summed E-state index contributed by atoms with van der Waals surface area (Å²) >= 11 is 0.